The van der Waals surface area contributed by atoms with E-state index in [4.69, 9.17) is 4.42 Å². The molecule has 2 rings (SSSR count). The smallest absolute Gasteiger partial charge is 0.277 e. The van der Waals surface area contributed by atoms with E-state index in [9.17, 15) is 4.79 Å². The lowest BCUT2D eigenvalue weighted by atomic mass is 10.0. The number of para-hydroxylation sites is 1. The molecule has 0 saturated heterocycles. The number of oxazole rings is 1. The van der Waals surface area contributed by atoms with E-state index in [1.807, 2.05) is 18.2 Å². The molecule has 0 aliphatic heterocycles. The molecule has 1 aromatic heterocycles. The minimum absolute atomic E-state index is 0.237. The zero-order valence-corrected chi connectivity index (χ0v) is 10.6. The van der Waals surface area contributed by atoms with Crippen LogP contribution in [-0.2, 0) is 12.8 Å². The zero-order chi connectivity index (χ0) is 13.0. The van der Waals surface area contributed by atoms with E-state index >= 15 is 0 Å². The first-order chi connectivity index (χ1) is 8.76. The van der Waals surface area contributed by atoms with Crippen LogP contribution < -0.4 is 5.32 Å². The van der Waals surface area contributed by atoms with Crippen LogP contribution in [0, 0.1) is 0 Å². The van der Waals surface area contributed by atoms with Crippen molar-refractivity contribution in [3.05, 3.63) is 47.7 Å². The average Bonchev–Trinajstić information content (AvgIpc) is 2.93. The number of aryl methyl sites for hydroxylation is 2. The highest BCUT2D eigenvalue weighted by Gasteiger charge is 2.13. The molecule has 0 fully saturated rings. The Balaban J connectivity index is 2.30. The fraction of sp³-hybridized carbons (Fsp3) is 0.286. The van der Waals surface area contributed by atoms with Crippen LogP contribution in [0.3, 0.4) is 0 Å². The Morgan fingerprint density at radius 1 is 1.28 bits per heavy atom. The number of carbonyl (C=O) groups is 1. The summed E-state index contributed by atoms with van der Waals surface area (Å²) in [5, 5.41) is 2.92. The van der Waals surface area contributed by atoms with E-state index in [2.05, 4.69) is 24.1 Å². The van der Waals surface area contributed by atoms with Gasteiger partial charge in [0.1, 0.15) is 6.26 Å². The van der Waals surface area contributed by atoms with Crippen LogP contribution in [0.2, 0.25) is 0 Å². The summed E-state index contributed by atoms with van der Waals surface area (Å²) in [4.78, 5) is 15.8. The fourth-order valence-corrected chi connectivity index (χ4v) is 1.91. The number of carbonyl (C=O) groups excluding carboxylic acids is 1. The average molecular weight is 244 g/mol. The molecule has 0 bridgehead atoms. The molecule has 0 spiro atoms. The SMILES string of the molecule is CCc1cccc(CC)c1NC(=O)c1cocn1. The third kappa shape index (κ3) is 2.42. The molecular weight excluding hydrogens is 228 g/mol. The maximum Gasteiger partial charge on any atom is 0.277 e. The first-order valence-corrected chi connectivity index (χ1v) is 6.06. The van der Waals surface area contributed by atoms with Crippen molar-refractivity contribution in [1.82, 2.24) is 4.98 Å². The van der Waals surface area contributed by atoms with Gasteiger partial charge in [-0.15, -0.1) is 0 Å². The Hall–Kier alpha value is -2.10. The van der Waals surface area contributed by atoms with Gasteiger partial charge in [-0.2, -0.15) is 0 Å². The molecule has 2 aromatic rings. The lowest BCUT2D eigenvalue weighted by Crippen LogP contribution is -2.15. The van der Waals surface area contributed by atoms with E-state index in [-0.39, 0.29) is 5.91 Å². The van der Waals surface area contributed by atoms with E-state index in [0.29, 0.717) is 5.69 Å². The van der Waals surface area contributed by atoms with E-state index in [1.54, 1.807) is 0 Å². The molecule has 0 radical (unpaired) electrons. The van der Waals surface area contributed by atoms with E-state index in [0.717, 1.165) is 29.7 Å². The number of benzene rings is 1. The lowest BCUT2D eigenvalue weighted by Gasteiger charge is -2.13. The van der Waals surface area contributed by atoms with Gasteiger partial charge in [-0.1, -0.05) is 32.0 Å². The van der Waals surface area contributed by atoms with Crippen molar-refractivity contribution in [2.24, 2.45) is 0 Å². The van der Waals surface area contributed by atoms with Crippen LogP contribution in [-0.4, -0.2) is 10.9 Å². The van der Waals surface area contributed by atoms with Gasteiger partial charge in [0.25, 0.3) is 5.91 Å². The Labute approximate surface area is 106 Å². The predicted molar refractivity (Wildman–Crippen MR) is 69.7 cm³/mol. The second kappa shape index (κ2) is 5.49. The van der Waals surface area contributed by atoms with Crippen LogP contribution in [0.5, 0.6) is 0 Å². The molecule has 0 atom stereocenters. The maximum atomic E-state index is 12.0. The van der Waals surface area contributed by atoms with Gasteiger partial charge in [0.15, 0.2) is 12.1 Å². The molecule has 0 aliphatic rings. The van der Waals surface area contributed by atoms with Crippen molar-refractivity contribution in [2.45, 2.75) is 26.7 Å². The second-order valence-corrected chi connectivity index (χ2v) is 3.99. The number of nitrogens with one attached hydrogen (secondary N) is 1. The third-order valence-corrected chi connectivity index (χ3v) is 2.90. The van der Waals surface area contributed by atoms with Crippen LogP contribution in [0.15, 0.2) is 35.3 Å². The largest absolute Gasteiger partial charge is 0.451 e. The van der Waals surface area contributed by atoms with E-state index in [1.165, 1.54) is 12.7 Å². The molecule has 0 saturated carbocycles. The number of aromatic nitrogens is 1. The molecule has 1 N–H and O–H groups in total. The van der Waals surface area contributed by atoms with Gasteiger partial charge in [0.05, 0.1) is 0 Å². The van der Waals surface area contributed by atoms with Crippen molar-refractivity contribution in [3.8, 4) is 0 Å². The minimum Gasteiger partial charge on any atom is -0.451 e. The molecule has 0 unspecified atom stereocenters. The Kier molecular flexibility index (Phi) is 3.77. The maximum absolute atomic E-state index is 12.0. The van der Waals surface area contributed by atoms with Crippen molar-refractivity contribution in [3.63, 3.8) is 0 Å². The Morgan fingerprint density at radius 3 is 2.44 bits per heavy atom. The number of hydrogen-bond acceptors (Lipinski definition) is 3. The molecular formula is C14H16N2O2. The number of anilines is 1. The quantitative estimate of drug-likeness (QED) is 0.899. The summed E-state index contributed by atoms with van der Waals surface area (Å²) in [7, 11) is 0. The molecule has 18 heavy (non-hydrogen) atoms. The van der Waals surface area contributed by atoms with Crippen molar-refractivity contribution in [1.29, 1.82) is 0 Å². The molecule has 1 heterocycles. The number of nitrogens with zero attached hydrogens (tertiary/aromatic N) is 1. The fourth-order valence-electron chi connectivity index (χ4n) is 1.91. The van der Waals surface area contributed by atoms with Crippen molar-refractivity contribution >= 4 is 11.6 Å². The summed E-state index contributed by atoms with van der Waals surface area (Å²) in [5.41, 5.74) is 3.45. The van der Waals surface area contributed by atoms with Crippen molar-refractivity contribution in [2.75, 3.05) is 5.32 Å². The number of rotatable bonds is 4. The van der Waals surface area contributed by atoms with Gasteiger partial charge in [-0.3, -0.25) is 4.79 Å². The predicted octanol–water partition coefficient (Wildman–Crippen LogP) is 3.05. The topological polar surface area (TPSA) is 55.1 Å². The van der Waals surface area contributed by atoms with Gasteiger partial charge in [0.2, 0.25) is 0 Å². The zero-order valence-electron chi connectivity index (χ0n) is 10.6. The van der Waals surface area contributed by atoms with E-state index < -0.39 is 0 Å². The highest BCUT2D eigenvalue weighted by Crippen LogP contribution is 2.23. The van der Waals surface area contributed by atoms with Gasteiger partial charge < -0.3 is 9.73 Å². The molecule has 94 valence electrons. The summed E-state index contributed by atoms with van der Waals surface area (Å²) in [5.74, 6) is -0.237. The number of hydrogen-bond donors (Lipinski definition) is 1. The van der Waals surface area contributed by atoms with Crippen LogP contribution in [0.4, 0.5) is 5.69 Å². The summed E-state index contributed by atoms with van der Waals surface area (Å²) in [6.45, 7) is 4.14. The molecule has 4 heteroatoms. The standard InChI is InChI=1S/C14H16N2O2/c1-3-10-6-5-7-11(4-2)13(10)16-14(17)12-8-18-9-15-12/h5-9H,3-4H2,1-2H3,(H,16,17). The molecule has 0 aliphatic carbocycles. The Morgan fingerprint density at radius 2 is 1.94 bits per heavy atom. The summed E-state index contributed by atoms with van der Waals surface area (Å²) in [6, 6.07) is 6.07. The van der Waals surface area contributed by atoms with Gasteiger partial charge in [-0.05, 0) is 24.0 Å². The van der Waals surface area contributed by atoms with Gasteiger partial charge in [0, 0.05) is 5.69 Å². The third-order valence-electron chi connectivity index (χ3n) is 2.90. The first-order valence-electron chi connectivity index (χ1n) is 6.06. The van der Waals surface area contributed by atoms with Crippen LogP contribution in [0.25, 0.3) is 0 Å². The molecule has 4 nitrogen and oxygen atoms in total. The van der Waals surface area contributed by atoms with Gasteiger partial charge >= 0.3 is 0 Å². The second-order valence-electron chi connectivity index (χ2n) is 3.99. The summed E-state index contributed by atoms with van der Waals surface area (Å²) in [6.07, 6.45) is 4.35. The molecule has 1 aromatic carbocycles. The normalized spacial score (nSPS) is 10.3. The Bertz CT molecular complexity index is 510. The summed E-state index contributed by atoms with van der Waals surface area (Å²) < 4.78 is 4.81. The van der Waals surface area contributed by atoms with Crippen LogP contribution >= 0.6 is 0 Å². The first kappa shape index (κ1) is 12.4. The summed E-state index contributed by atoms with van der Waals surface area (Å²) >= 11 is 0. The highest BCUT2D eigenvalue weighted by molar-refractivity contribution is 6.03. The van der Waals surface area contributed by atoms with Crippen LogP contribution in [0.1, 0.15) is 35.5 Å². The monoisotopic (exact) mass is 244 g/mol. The lowest BCUT2D eigenvalue weighted by molar-refractivity contribution is 0.102. The van der Waals surface area contributed by atoms with Gasteiger partial charge in [-0.25, -0.2) is 4.98 Å². The number of amides is 1. The highest BCUT2D eigenvalue weighted by atomic mass is 16.3. The molecule has 1 amide bonds. The minimum atomic E-state index is -0.237. The van der Waals surface area contributed by atoms with Crippen molar-refractivity contribution < 1.29 is 9.21 Å².